The lowest BCUT2D eigenvalue weighted by Gasteiger charge is -2.44. The zero-order chi connectivity index (χ0) is 39.5. The van der Waals surface area contributed by atoms with Gasteiger partial charge in [0.25, 0.3) is 0 Å². The third-order valence-corrected chi connectivity index (χ3v) is 12.3. The van der Waals surface area contributed by atoms with Crippen molar-refractivity contribution in [3.8, 4) is 35.4 Å². The van der Waals surface area contributed by atoms with Crippen LogP contribution in [-0.4, -0.2) is 86.6 Å². The van der Waals surface area contributed by atoms with E-state index in [4.69, 9.17) is 30.8 Å². The molecule has 9 rings (SSSR count). The molecule has 57 heavy (non-hydrogen) atoms. The number of nitrogens with zero attached hydrogens (tertiary/aromatic N) is 7. The number of nitrogens with one attached hydrogen (secondary N) is 1. The van der Waals surface area contributed by atoms with Crippen molar-refractivity contribution < 1.29 is 31.4 Å². The van der Waals surface area contributed by atoms with Crippen LogP contribution in [0.3, 0.4) is 0 Å². The highest BCUT2D eigenvalue weighted by atomic mass is 19.4. The van der Waals surface area contributed by atoms with Gasteiger partial charge in [-0.15, -0.1) is 11.5 Å². The molecule has 3 fully saturated rings. The zero-order valence-corrected chi connectivity index (χ0v) is 31.4. The van der Waals surface area contributed by atoms with Crippen LogP contribution in [0, 0.1) is 24.0 Å². The molecule has 0 amide bonds. The minimum atomic E-state index is -4.63. The van der Waals surface area contributed by atoms with Crippen LogP contribution >= 0.6 is 0 Å². The number of pyridine rings is 1. The van der Waals surface area contributed by atoms with Crippen LogP contribution in [0.1, 0.15) is 68.8 Å². The molecule has 15 heteroatoms. The number of anilines is 1. The molecule has 3 aromatic heterocycles. The van der Waals surface area contributed by atoms with Crippen LogP contribution in [0.4, 0.5) is 27.8 Å². The first-order chi connectivity index (χ1) is 27.6. The van der Waals surface area contributed by atoms with Gasteiger partial charge in [-0.3, -0.25) is 4.90 Å². The minimum absolute atomic E-state index is 0.00598. The number of rotatable bonds is 8. The summed E-state index contributed by atoms with van der Waals surface area (Å²) in [5, 5.41) is 11.9. The molecular weight excluding hydrogens is 744 g/mol. The van der Waals surface area contributed by atoms with Gasteiger partial charge in [0.05, 0.1) is 28.4 Å². The van der Waals surface area contributed by atoms with Crippen molar-refractivity contribution in [2.45, 2.75) is 88.1 Å². The summed E-state index contributed by atoms with van der Waals surface area (Å²) in [4.78, 5) is 19.4. The first-order valence-corrected chi connectivity index (χ1v) is 19.6. The Morgan fingerprint density at radius 3 is 2.72 bits per heavy atom. The summed E-state index contributed by atoms with van der Waals surface area (Å²) in [6.07, 6.45) is 8.77. The van der Waals surface area contributed by atoms with Crippen LogP contribution in [0.15, 0.2) is 42.6 Å². The maximum absolute atomic E-state index is 17.4. The summed E-state index contributed by atoms with van der Waals surface area (Å²) in [6, 6.07) is 9.41. The Balaban J connectivity index is 1.09. The molecule has 5 aromatic rings. The van der Waals surface area contributed by atoms with Crippen molar-refractivity contribution >= 4 is 27.5 Å². The highest BCUT2D eigenvalue weighted by Gasteiger charge is 2.50. The van der Waals surface area contributed by atoms with Crippen LogP contribution in [-0.2, 0) is 12.6 Å². The standard InChI is InChI=1S/C42H41F5N8O2/c1-3-27-29(43)13-12-24-8-5-9-28(34(24)27)37-36(44)38-35-31(50-37)10-6-11-32-30(4-2)48-17-19-54(32)39(35)52-40(51-38)57-23-41-15-7-18-55(41)25(14-16-41)22-56-26-20-33(42(45,46)47)53-49-21-26/h1,5,8-9,12-13,20-21,25,30,32,48H,4,6-7,10-11,14-19,22-23H2,2H3/t25-,30-,32+,41-/m0/s1. The Kier molecular flexibility index (Phi) is 9.59. The quantitative estimate of drug-likeness (QED) is 0.128. The third-order valence-electron chi connectivity index (χ3n) is 12.3. The summed E-state index contributed by atoms with van der Waals surface area (Å²) in [5.74, 6) is 1.82. The number of alkyl halides is 3. The van der Waals surface area contributed by atoms with Gasteiger partial charge in [0.15, 0.2) is 11.5 Å². The predicted molar refractivity (Wildman–Crippen MR) is 204 cm³/mol. The van der Waals surface area contributed by atoms with Crippen LogP contribution in [0.2, 0.25) is 0 Å². The lowest BCUT2D eigenvalue weighted by molar-refractivity contribution is -0.141. The molecule has 4 aliphatic heterocycles. The summed E-state index contributed by atoms with van der Waals surface area (Å²) >= 11 is 0. The van der Waals surface area contributed by atoms with Crippen molar-refractivity contribution in [2.75, 3.05) is 37.7 Å². The Labute approximate surface area is 326 Å². The number of halogens is 5. The predicted octanol–water partition coefficient (Wildman–Crippen LogP) is 7.26. The fourth-order valence-corrected chi connectivity index (χ4v) is 9.68. The SMILES string of the molecule is C#Cc1c(F)ccc2cccc(-c3nc4c5c(nc(OC[C@@]67CCCN6[C@H](COc6cnnc(C(F)(F)F)c6)CC7)nc5c3F)N3CCN[C@@H](CC)[C@H]3CCC4)c12. The van der Waals surface area contributed by atoms with Crippen molar-refractivity contribution in [2.24, 2.45) is 0 Å². The van der Waals surface area contributed by atoms with Gasteiger partial charge < -0.3 is 19.7 Å². The number of benzene rings is 2. The Morgan fingerprint density at radius 2 is 1.89 bits per heavy atom. The third kappa shape index (κ3) is 6.56. The van der Waals surface area contributed by atoms with Crippen molar-refractivity contribution in [3.05, 3.63) is 71.2 Å². The summed E-state index contributed by atoms with van der Waals surface area (Å²) in [6.45, 7) is 4.71. The van der Waals surface area contributed by atoms with Gasteiger partial charge in [0.1, 0.15) is 41.8 Å². The normalized spacial score (nSPS) is 23.5. The molecule has 1 N–H and O–H groups in total. The van der Waals surface area contributed by atoms with Gasteiger partial charge in [-0.1, -0.05) is 37.1 Å². The second kappa shape index (κ2) is 14.6. The van der Waals surface area contributed by atoms with E-state index < -0.39 is 23.5 Å². The molecule has 2 aromatic carbocycles. The lowest BCUT2D eigenvalue weighted by Crippen LogP contribution is -2.58. The average Bonchev–Trinajstić information content (AvgIpc) is 3.78. The molecule has 3 saturated heterocycles. The Hall–Kier alpha value is -5.20. The molecule has 296 valence electrons. The fraction of sp³-hybridized carbons (Fsp3) is 0.452. The van der Waals surface area contributed by atoms with Gasteiger partial charge in [-0.25, -0.2) is 13.8 Å². The minimum Gasteiger partial charge on any atom is -0.490 e. The smallest absolute Gasteiger partial charge is 0.435 e. The first kappa shape index (κ1) is 37.4. The summed E-state index contributed by atoms with van der Waals surface area (Å²) < 4.78 is 84.6. The van der Waals surface area contributed by atoms with E-state index in [1.807, 2.05) is 6.07 Å². The van der Waals surface area contributed by atoms with E-state index in [1.54, 1.807) is 18.2 Å². The molecule has 0 aliphatic carbocycles. The molecule has 10 nitrogen and oxygen atoms in total. The molecule has 0 radical (unpaired) electrons. The molecule has 0 spiro atoms. The molecule has 0 bridgehead atoms. The lowest BCUT2D eigenvalue weighted by atomic mass is 9.91. The summed E-state index contributed by atoms with van der Waals surface area (Å²) in [7, 11) is 0. The van der Waals surface area contributed by atoms with E-state index in [0.717, 1.165) is 64.1 Å². The van der Waals surface area contributed by atoms with E-state index in [0.29, 0.717) is 46.2 Å². The van der Waals surface area contributed by atoms with E-state index in [-0.39, 0.29) is 65.4 Å². The van der Waals surface area contributed by atoms with Gasteiger partial charge in [0.2, 0.25) is 0 Å². The first-order valence-electron chi connectivity index (χ1n) is 19.6. The Bertz CT molecular complexity index is 2410. The second-order valence-electron chi connectivity index (χ2n) is 15.5. The number of aromatic nitrogens is 5. The number of ether oxygens (including phenoxy) is 2. The molecule has 0 unspecified atom stereocenters. The number of aryl methyl sites for hydroxylation is 1. The number of hydrogen-bond donors (Lipinski definition) is 1. The van der Waals surface area contributed by atoms with Crippen LogP contribution in [0.5, 0.6) is 11.8 Å². The van der Waals surface area contributed by atoms with Crippen molar-refractivity contribution in [1.29, 1.82) is 0 Å². The van der Waals surface area contributed by atoms with Crippen molar-refractivity contribution in [1.82, 2.24) is 35.4 Å². The van der Waals surface area contributed by atoms with Crippen LogP contribution < -0.4 is 19.7 Å². The molecule has 4 atom stereocenters. The Morgan fingerprint density at radius 1 is 1.02 bits per heavy atom. The monoisotopic (exact) mass is 784 g/mol. The van der Waals surface area contributed by atoms with Gasteiger partial charge >= 0.3 is 12.2 Å². The highest BCUT2D eigenvalue weighted by Crippen LogP contribution is 2.44. The number of piperazine rings is 1. The largest absolute Gasteiger partial charge is 0.490 e. The van der Waals surface area contributed by atoms with Gasteiger partial charge in [-0.2, -0.15) is 28.2 Å². The molecule has 7 heterocycles. The van der Waals surface area contributed by atoms with Crippen molar-refractivity contribution in [3.63, 3.8) is 0 Å². The molecule has 4 aliphatic rings. The van der Waals surface area contributed by atoms with E-state index in [2.05, 4.69) is 38.2 Å². The fourth-order valence-electron chi connectivity index (χ4n) is 9.68. The van der Waals surface area contributed by atoms with E-state index in [9.17, 15) is 13.2 Å². The summed E-state index contributed by atoms with van der Waals surface area (Å²) in [5.41, 5.74) is -0.294. The second-order valence-corrected chi connectivity index (χ2v) is 15.5. The number of fused-ring (bicyclic) bond motifs is 4. The maximum atomic E-state index is 17.4. The number of terminal acetylenes is 1. The van der Waals surface area contributed by atoms with E-state index in [1.165, 1.54) is 12.3 Å². The zero-order valence-electron chi connectivity index (χ0n) is 31.4. The van der Waals surface area contributed by atoms with Crippen LogP contribution in [0.25, 0.3) is 32.9 Å². The highest BCUT2D eigenvalue weighted by molar-refractivity contribution is 6.02. The van der Waals surface area contributed by atoms with Gasteiger partial charge in [-0.05, 0) is 69.4 Å². The topological polar surface area (TPSA) is 101 Å². The van der Waals surface area contributed by atoms with E-state index >= 15 is 8.78 Å². The average molecular weight is 785 g/mol. The maximum Gasteiger partial charge on any atom is 0.435 e. The number of hydrogen-bond acceptors (Lipinski definition) is 10. The molecular formula is C42H41F5N8O2. The molecule has 0 saturated carbocycles. The van der Waals surface area contributed by atoms with Gasteiger partial charge in [0, 0.05) is 48.2 Å².